The Hall–Kier alpha value is -1.83. The average molecular weight is 224 g/mol. The van der Waals surface area contributed by atoms with Crippen LogP contribution in [0.25, 0.3) is 11.1 Å². The van der Waals surface area contributed by atoms with Crippen LogP contribution in [0.2, 0.25) is 0 Å². The van der Waals surface area contributed by atoms with Gasteiger partial charge in [-0.3, -0.25) is 0 Å². The third kappa shape index (κ3) is 1.91. The molecule has 0 atom stereocenters. The summed E-state index contributed by atoms with van der Waals surface area (Å²) in [6, 6.07) is 12.7. The Morgan fingerprint density at radius 3 is 2.71 bits per heavy atom. The minimum atomic E-state index is 0.609. The van der Waals surface area contributed by atoms with Crippen molar-refractivity contribution in [3.63, 3.8) is 0 Å². The first-order valence-electron chi connectivity index (χ1n) is 6.15. The highest BCUT2D eigenvalue weighted by molar-refractivity contribution is 5.73. The summed E-state index contributed by atoms with van der Waals surface area (Å²) < 4.78 is 0. The molecule has 0 saturated heterocycles. The quantitative estimate of drug-likeness (QED) is 0.846. The smallest absolute Gasteiger partial charge is 0.131 e. The van der Waals surface area contributed by atoms with E-state index in [1.165, 1.54) is 30.4 Å². The highest BCUT2D eigenvalue weighted by Gasteiger charge is 2.19. The van der Waals surface area contributed by atoms with Crippen molar-refractivity contribution >= 4 is 5.82 Å². The second kappa shape index (κ2) is 4.21. The number of hydrogen-bond donors (Lipinski definition) is 1. The van der Waals surface area contributed by atoms with Crippen LogP contribution < -0.4 is 5.73 Å². The molecule has 0 spiro atoms. The lowest BCUT2D eigenvalue weighted by molar-refractivity contribution is 0.420. The molecule has 1 aromatic carbocycles. The molecule has 1 saturated carbocycles. The molecule has 3 rings (SSSR count). The van der Waals surface area contributed by atoms with Gasteiger partial charge in [-0.2, -0.15) is 0 Å². The van der Waals surface area contributed by atoms with Crippen LogP contribution in [-0.2, 0) is 0 Å². The Morgan fingerprint density at radius 2 is 2.00 bits per heavy atom. The Balaban J connectivity index is 2.00. The van der Waals surface area contributed by atoms with Crippen molar-refractivity contribution < 1.29 is 0 Å². The summed E-state index contributed by atoms with van der Waals surface area (Å²) in [5, 5.41) is 0. The molecule has 1 fully saturated rings. The van der Waals surface area contributed by atoms with Crippen LogP contribution in [0.1, 0.15) is 30.7 Å². The van der Waals surface area contributed by atoms with E-state index in [1.807, 2.05) is 12.1 Å². The number of nitrogens with zero attached hydrogens (tertiary/aromatic N) is 1. The number of nitrogens with two attached hydrogens (primary N) is 1. The predicted molar refractivity (Wildman–Crippen MR) is 70.7 cm³/mol. The van der Waals surface area contributed by atoms with Crippen molar-refractivity contribution in [2.24, 2.45) is 0 Å². The zero-order chi connectivity index (χ0) is 11.7. The molecular formula is C15H16N2. The van der Waals surface area contributed by atoms with E-state index in [0.29, 0.717) is 5.82 Å². The zero-order valence-electron chi connectivity index (χ0n) is 9.76. The highest BCUT2D eigenvalue weighted by atomic mass is 14.8. The van der Waals surface area contributed by atoms with Gasteiger partial charge in [-0.1, -0.05) is 30.7 Å². The zero-order valence-corrected chi connectivity index (χ0v) is 9.76. The molecular weight excluding hydrogens is 208 g/mol. The fraction of sp³-hybridized carbons (Fsp3) is 0.267. The van der Waals surface area contributed by atoms with Crippen molar-refractivity contribution in [3.8, 4) is 11.1 Å². The SMILES string of the molecule is Nc1ncccc1-c1cccc(C2CCC2)c1. The first kappa shape index (κ1) is 10.3. The van der Waals surface area contributed by atoms with Crippen LogP contribution >= 0.6 is 0 Å². The molecule has 86 valence electrons. The van der Waals surface area contributed by atoms with Crippen molar-refractivity contribution in [3.05, 3.63) is 48.2 Å². The largest absolute Gasteiger partial charge is 0.383 e. The Bertz CT molecular complexity index is 530. The maximum Gasteiger partial charge on any atom is 0.131 e. The standard InChI is InChI=1S/C15H16N2/c16-15-14(8-3-9-17-15)13-7-2-6-12(10-13)11-4-1-5-11/h2-3,6-11H,1,4-5H2,(H2,16,17). The summed E-state index contributed by atoms with van der Waals surface area (Å²) >= 11 is 0. The van der Waals surface area contributed by atoms with E-state index in [9.17, 15) is 0 Å². The molecule has 1 heterocycles. The van der Waals surface area contributed by atoms with Crippen LogP contribution in [0.15, 0.2) is 42.6 Å². The third-order valence-electron chi connectivity index (χ3n) is 3.61. The van der Waals surface area contributed by atoms with E-state index in [4.69, 9.17) is 5.73 Å². The maximum atomic E-state index is 5.91. The minimum absolute atomic E-state index is 0.609. The molecule has 2 N–H and O–H groups in total. The van der Waals surface area contributed by atoms with Crippen LogP contribution in [-0.4, -0.2) is 4.98 Å². The molecule has 0 radical (unpaired) electrons. The first-order chi connectivity index (χ1) is 8.34. The van der Waals surface area contributed by atoms with Gasteiger partial charge in [0.2, 0.25) is 0 Å². The maximum absolute atomic E-state index is 5.91. The van der Waals surface area contributed by atoms with E-state index in [1.54, 1.807) is 6.20 Å². The summed E-state index contributed by atoms with van der Waals surface area (Å²) in [5.41, 5.74) is 9.57. The van der Waals surface area contributed by atoms with Crippen molar-refractivity contribution in [2.45, 2.75) is 25.2 Å². The van der Waals surface area contributed by atoms with Crippen LogP contribution in [0.3, 0.4) is 0 Å². The summed E-state index contributed by atoms with van der Waals surface area (Å²) in [6.07, 6.45) is 5.75. The average Bonchev–Trinajstić information content (AvgIpc) is 2.28. The molecule has 2 nitrogen and oxygen atoms in total. The van der Waals surface area contributed by atoms with Gasteiger partial charge in [0.1, 0.15) is 5.82 Å². The van der Waals surface area contributed by atoms with Gasteiger partial charge in [0.05, 0.1) is 0 Å². The summed E-state index contributed by atoms with van der Waals surface area (Å²) in [4.78, 5) is 4.14. The molecule has 2 aromatic rings. The highest BCUT2D eigenvalue weighted by Crippen LogP contribution is 2.37. The molecule has 1 aliphatic rings. The molecule has 0 bridgehead atoms. The molecule has 2 heteroatoms. The number of pyridine rings is 1. The lowest BCUT2D eigenvalue weighted by Gasteiger charge is -2.26. The molecule has 0 unspecified atom stereocenters. The van der Waals surface area contributed by atoms with Gasteiger partial charge < -0.3 is 5.73 Å². The number of aromatic nitrogens is 1. The number of benzene rings is 1. The van der Waals surface area contributed by atoms with E-state index < -0.39 is 0 Å². The molecule has 1 aromatic heterocycles. The monoisotopic (exact) mass is 224 g/mol. The van der Waals surface area contributed by atoms with Crippen LogP contribution in [0.4, 0.5) is 5.82 Å². The van der Waals surface area contributed by atoms with Gasteiger partial charge in [-0.25, -0.2) is 4.98 Å². The molecule has 0 aliphatic heterocycles. The third-order valence-corrected chi connectivity index (χ3v) is 3.61. The summed E-state index contributed by atoms with van der Waals surface area (Å²) in [7, 11) is 0. The second-order valence-corrected chi connectivity index (χ2v) is 4.69. The van der Waals surface area contributed by atoms with Crippen molar-refractivity contribution in [1.82, 2.24) is 4.98 Å². The summed E-state index contributed by atoms with van der Waals surface area (Å²) in [6.45, 7) is 0. The topological polar surface area (TPSA) is 38.9 Å². The number of rotatable bonds is 2. The predicted octanol–water partition coefficient (Wildman–Crippen LogP) is 3.60. The minimum Gasteiger partial charge on any atom is -0.383 e. The fourth-order valence-corrected chi connectivity index (χ4v) is 2.36. The van der Waals surface area contributed by atoms with E-state index >= 15 is 0 Å². The number of anilines is 1. The Kier molecular flexibility index (Phi) is 2.56. The molecule has 0 amide bonds. The number of nitrogen functional groups attached to an aromatic ring is 1. The second-order valence-electron chi connectivity index (χ2n) is 4.69. The fourth-order valence-electron chi connectivity index (χ4n) is 2.36. The van der Waals surface area contributed by atoms with Gasteiger partial charge in [0, 0.05) is 11.8 Å². The van der Waals surface area contributed by atoms with Gasteiger partial charge in [-0.05, 0) is 42.0 Å². The van der Waals surface area contributed by atoms with Gasteiger partial charge >= 0.3 is 0 Å². The van der Waals surface area contributed by atoms with Gasteiger partial charge in [0.15, 0.2) is 0 Å². The molecule has 1 aliphatic carbocycles. The van der Waals surface area contributed by atoms with E-state index in [2.05, 4.69) is 29.2 Å². The van der Waals surface area contributed by atoms with Crippen LogP contribution in [0, 0.1) is 0 Å². The lowest BCUT2D eigenvalue weighted by Crippen LogP contribution is -2.08. The normalized spacial score (nSPS) is 15.5. The van der Waals surface area contributed by atoms with Gasteiger partial charge in [0.25, 0.3) is 0 Å². The van der Waals surface area contributed by atoms with Crippen LogP contribution in [0.5, 0.6) is 0 Å². The summed E-state index contributed by atoms with van der Waals surface area (Å²) in [5.74, 6) is 1.37. The Morgan fingerprint density at radius 1 is 1.12 bits per heavy atom. The van der Waals surface area contributed by atoms with Crippen molar-refractivity contribution in [1.29, 1.82) is 0 Å². The number of hydrogen-bond acceptors (Lipinski definition) is 2. The van der Waals surface area contributed by atoms with Gasteiger partial charge in [-0.15, -0.1) is 0 Å². The molecule has 17 heavy (non-hydrogen) atoms. The van der Waals surface area contributed by atoms with Crippen molar-refractivity contribution in [2.75, 3.05) is 5.73 Å². The first-order valence-corrected chi connectivity index (χ1v) is 6.15. The van der Waals surface area contributed by atoms with E-state index in [0.717, 1.165) is 11.5 Å². The Labute approximate surface area is 102 Å². The lowest BCUT2D eigenvalue weighted by atomic mass is 9.79. The van der Waals surface area contributed by atoms with E-state index in [-0.39, 0.29) is 0 Å².